The molecule has 0 atom stereocenters. The number of hydrogen-bond donors (Lipinski definition) is 1. The van der Waals surface area contributed by atoms with Gasteiger partial charge in [-0.1, -0.05) is 6.07 Å². The van der Waals surface area contributed by atoms with Crippen LogP contribution in [0.4, 0.5) is 4.39 Å². The molecule has 0 spiro atoms. The Kier molecular flexibility index (Phi) is 3.51. The van der Waals surface area contributed by atoms with Crippen molar-refractivity contribution in [1.29, 1.82) is 0 Å². The lowest BCUT2D eigenvalue weighted by Gasteiger charge is -2.05. The number of nitrogens with one attached hydrogen (secondary N) is 1. The van der Waals surface area contributed by atoms with Crippen LogP contribution in [0.15, 0.2) is 47.1 Å². The lowest BCUT2D eigenvalue weighted by Crippen LogP contribution is -2.01. The van der Waals surface area contributed by atoms with E-state index in [4.69, 9.17) is 4.74 Å². The number of ketones is 1. The molecule has 1 N–H and O–H groups in total. The molecule has 0 aliphatic heterocycles. The van der Waals surface area contributed by atoms with Gasteiger partial charge in [-0.2, -0.15) is 0 Å². The van der Waals surface area contributed by atoms with Crippen LogP contribution in [0.3, 0.4) is 0 Å². The summed E-state index contributed by atoms with van der Waals surface area (Å²) in [5.74, 6) is 0.0350. The summed E-state index contributed by atoms with van der Waals surface area (Å²) in [5, 5.41) is 0.727. The number of aromatic amines is 1. The van der Waals surface area contributed by atoms with Crippen LogP contribution in [0, 0.1) is 5.82 Å². The molecule has 0 radical (unpaired) electrons. The van der Waals surface area contributed by atoms with Gasteiger partial charge in [0.15, 0.2) is 5.78 Å². The molecule has 0 bridgehead atoms. The van der Waals surface area contributed by atoms with Gasteiger partial charge in [-0.05, 0) is 46.3 Å². The molecule has 3 nitrogen and oxygen atoms in total. The van der Waals surface area contributed by atoms with Gasteiger partial charge in [0.25, 0.3) is 0 Å². The lowest BCUT2D eigenvalue weighted by atomic mass is 10.0. The van der Waals surface area contributed by atoms with Crippen molar-refractivity contribution in [1.82, 2.24) is 4.98 Å². The monoisotopic (exact) mass is 347 g/mol. The molecule has 0 aliphatic rings. The van der Waals surface area contributed by atoms with E-state index in [9.17, 15) is 9.18 Å². The first-order chi connectivity index (χ1) is 10.1. The predicted molar refractivity (Wildman–Crippen MR) is 82.4 cm³/mol. The number of H-pyrrole nitrogens is 1. The van der Waals surface area contributed by atoms with Crippen LogP contribution < -0.4 is 4.74 Å². The zero-order valence-corrected chi connectivity index (χ0v) is 12.7. The number of methoxy groups -OCH3 is 1. The molecule has 1 aromatic heterocycles. The van der Waals surface area contributed by atoms with Crippen LogP contribution in [0.2, 0.25) is 0 Å². The smallest absolute Gasteiger partial charge is 0.195 e. The van der Waals surface area contributed by atoms with E-state index in [1.54, 1.807) is 19.4 Å². The molecule has 0 unspecified atom stereocenters. The molecular formula is C16H11BrFNO2. The molecule has 0 aliphatic carbocycles. The van der Waals surface area contributed by atoms with Crippen LogP contribution in [0.25, 0.3) is 10.9 Å². The van der Waals surface area contributed by atoms with Crippen LogP contribution >= 0.6 is 15.9 Å². The first-order valence-corrected chi connectivity index (χ1v) is 7.05. The quantitative estimate of drug-likeness (QED) is 0.717. The van der Waals surface area contributed by atoms with Gasteiger partial charge in [0.2, 0.25) is 0 Å². The fourth-order valence-electron chi connectivity index (χ4n) is 2.29. The van der Waals surface area contributed by atoms with E-state index in [-0.39, 0.29) is 10.3 Å². The van der Waals surface area contributed by atoms with Crippen LogP contribution in [-0.2, 0) is 0 Å². The maximum Gasteiger partial charge on any atom is 0.195 e. The number of carbonyl (C=O) groups is 1. The summed E-state index contributed by atoms with van der Waals surface area (Å²) in [5.41, 5.74) is 1.73. The van der Waals surface area contributed by atoms with Gasteiger partial charge < -0.3 is 9.72 Å². The van der Waals surface area contributed by atoms with Crippen LogP contribution in [-0.4, -0.2) is 17.9 Å². The minimum absolute atomic E-state index is 0.188. The average molecular weight is 348 g/mol. The SMILES string of the molecule is COc1cccc2[nH]cc(C(=O)c3ccc(F)c(Br)c3)c12. The fraction of sp³-hybridized carbons (Fsp3) is 0.0625. The molecule has 3 rings (SSSR count). The number of carbonyl (C=O) groups excluding carboxylic acids is 1. The van der Waals surface area contributed by atoms with Gasteiger partial charge >= 0.3 is 0 Å². The van der Waals surface area contributed by atoms with E-state index < -0.39 is 5.82 Å². The maximum absolute atomic E-state index is 13.3. The highest BCUT2D eigenvalue weighted by Crippen LogP contribution is 2.30. The molecule has 3 aromatic rings. The minimum Gasteiger partial charge on any atom is -0.496 e. The van der Waals surface area contributed by atoms with Gasteiger partial charge in [0, 0.05) is 17.3 Å². The van der Waals surface area contributed by atoms with Crippen molar-refractivity contribution in [2.75, 3.05) is 7.11 Å². The Labute approximate surface area is 128 Å². The molecular weight excluding hydrogens is 337 g/mol. The number of fused-ring (bicyclic) bond motifs is 1. The Morgan fingerprint density at radius 3 is 2.81 bits per heavy atom. The van der Waals surface area contributed by atoms with Gasteiger partial charge in [-0.3, -0.25) is 4.79 Å². The highest BCUT2D eigenvalue weighted by atomic mass is 79.9. The van der Waals surface area contributed by atoms with Crippen molar-refractivity contribution >= 4 is 32.6 Å². The fourth-order valence-corrected chi connectivity index (χ4v) is 2.67. The van der Waals surface area contributed by atoms with Gasteiger partial charge in [0.1, 0.15) is 11.6 Å². The summed E-state index contributed by atoms with van der Waals surface area (Å²) in [6.07, 6.45) is 1.65. The molecule has 21 heavy (non-hydrogen) atoms. The Morgan fingerprint density at radius 2 is 2.10 bits per heavy atom. The van der Waals surface area contributed by atoms with Crippen molar-refractivity contribution < 1.29 is 13.9 Å². The standard InChI is InChI=1S/C16H11BrFNO2/c1-21-14-4-2-3-13-15(14)10(8-19-13)16(20)9-5-6-12(18)11(17)7-9/h2-8,19H,1H3. The van der Waals surface area contributed by atoms with Crippen molar-refractivity contribution in [3.63, 3.8) is 0 Å². The van der Waals surface area contributed by atoms with Crippen molar-refractivity contribution in [2.24, 2.45) is 0 Å². The van der Waals surface area contributed by atoms with E-state index in [0.717, 1.165) is 10.9 Å². The Hall–Kier alpha value is -2.14. The summed E-state index contributed by atoms with van der Waals surface area (Å²) in [6.45, 7) is 0. The summed E-state index contributed by atoms with van der Waals surface area (Å²) >= 11 is 3.10. The number of hydrogen-bond acceptors (Lipinski definition) is 2. The molecule has 0 saturated heterocycles. The summed E-state index contributed by atoms with van der Waals surface area (Å²) in [7, 11) is 1.56. The van der Waals surface area contributed by atoms with Crippen LogP contribution in [0.5, 0.6) is 5.75 Å². The second kappa shape index (κ2) is 5.33. The second-order valence-corrected chi connectivity index (χ2v) is 5.40. The molecule has 0 fully saturated rings. The van der Waals surface area contributed by atoms with Crippen molar-refractivity contribution in [2.45, 2.75) is 0 Å². The van der Waals surface area contributed by atoms with E-state index in [0.29, 0.717) is 16.9 Å². The maximum atomic E-state index is 13.3. The molecule has 0 saturated carbocycles. The van der Waals surface area contributed by atoms with E-state index in [1.807, 2.05) is 12.1 Å². The van der Waals surface area contributed by atoms with Gasteiger partial charge in [-0.15, -0.1) is 0 Å². The zero-order chi connectivity index (χ0) is 15.0. The highest BCUT2D eigenvalue weighted by molar-refractivity contribution is 9.10. The molecule has 0 amide bonds. The number of rotatable bonds is 3. The second-order valence-electron chi connectivity index (χ2n) is 4.54. The van der Waals surface area contributed by atoms with Crippen molar-refractivity contribution in [3.8, 4) is 5.75 Å². The normalized spacial score (nSPS) is 10.8. The van der Waals surface area contributed by atoms with E-state index >= 15 is 0 Å². The minimum atomic E-state index is -0.400. The largest absolute Gasteiger partial charge is 0.496 e. The highest BCUT2D eigenvalue weighted by Gasteiger charge is 2.18. The number of benzene rings is 2. The van der Waals surface area contributed by atoms with E-state index in [1.165, 1.54) is 18.2 Å². The Bertz CT molecular complexity index is 841. The van der Waals surface area contributed by atoms with Gasteiger partial charge in [0.05, 0.1) is 22.5 Å². The third kappa shape index (κ3) is 2.34. The molecule has 1 heterocycles. The Balaban J connectivity index is 2.15. The first kappa shape index (κ1) is 13.8. The van der Waals surface area contributed by atoms with Crippen molar-refractivity contribution in [3.05, 3.63) is 64.0 Å². The Morgan fingerprint density at radius 1 is 1.29 bits per heavy atom. The number of ether oxygens (including phenoxy) is 1. The number of aromatic nitrogens is 1. The molecule has 2 aromatic carbocycles. The van der Waals surface area contributed by atoms with Gasteiger partial charge in [-0.25, -0.2) is 4.39 Å². The summed E-state index contributed by atoms with van der Waals surface area (Å²) in [4.78, 5) is 15.7. The topological polar surface area (TPSA) is 42.1 Å². The molecule has 106 valence electrons. The third-order valence-corrected chi connectivity index (χ3v) is 3.92. The summed E-state index contributed by atoms with van der Waals surface area (Å²) in [6, 6.07) is 9.73. The summed E-state index contributed by atoms with van der Waals surface area (Å²) < 4.78 is 18.9. The zero-order valence-electron chi connectivity index (χ0n) is 11.1. The predicted octanol–water partition coefficient (Wildman–Crippen LogP) is 4.31. The first-order valence-electron chi connectivity index (χ1n) is 6.25. The lowest BCUT2D eigenvalue weighted by molar-refractivity contribution is 0.104. The van der Waals surface area contributed by atoms with E-state index in [2.05, 4.69) is 20.9 Å². The molecule has 5 heteroatoms. The van der Waals surface area contributed by atoms with Crippen LogP contribution in [0.1, 0.15) is 15.9 Å². The third-order valence-electron chi connectivity index (χ3n) is 3.31. The number of halogens is 2. The average Bonchev–Trinajstić information content (AvgIpc) is 2.93.